The van der Waals surface area contributed by atoms with E-state index in [0.29, 0.717) is 19.4 Å². The summed E-state index contributed by atoms with van der Waals surface area (Å²) in [7, 11) is 0. The Labute approximate surface area is 347 Å². The highest BCUT2D eigenvalue weighted by atomic mass is 16.8. The molecule has 5 heterocycles. The molecule has 5 fully saturated rings. The summed E-state index contributed by atoms with van der Waals surface area (Å²) in [6.45, 7) is -3.91. The van der Waals surface area contributed by atoms with Gasteiger partial charge in [0, 0.05) is 6.61 Å². The Hall–Kier alpha value is -1.08. The zero-order chi connectivity index (χ0) is 44.9. The third-order valence-corrected chi connectivity index (χ3v) is 11.2. The average Bonchev–Trinajstić information content (AvgIpc) is 3.26. The molecule has 5 aliphatic rings. The third-order valence-electron chi connectivity index (χ3n) is 11.2. The highest BCUT2D eigenvalue weighted by Gasteiger charge is 2.56. The van der Waals surface area contributed by atoms with Crippen LogP contribution in [-0.2, 0) is 47.4 Å². The van der Waals surface area contributed by atoms with Crippen molar-refractivity contribution < 1.29 is 129 Å². The van der Waals surface area contributed by atoms with Crippen LogP contribution in [-0.4, -0.2) is 281 Å². The molecular formula is C34H61NO26. The molecule has 0 aromatic carbocycles. The van der Waals surface area contributed by atoms with Crippen molar-refractivity contribution in [3.8, 4) is 0 Å². The van der Waals surface area contributed by atoms with Gasteiger partial charge in [0.05, 0.1) is 33.0 Å². The Bertz CT molecular complexity index is 1290. The zero-order valence-corrected chi connectivity index (χ0v) is 32.6. The summed E-state index contributed by atoms with van der Waals surface area (Å²) in [5.74, 6) is 0. The number of nitrogens with two attached hydrogens (primary N) is 1. The van der Waals surface area contributed by atoms with Gasteiger partial charge in [0.2, 0.25) is 0 Å². The highest BCUT2D eigenvalue weighted by molar-refractivity contribution is 4.99. The molecule has 358 valence electrons. The molecule has 5 saturated heterocycles. The van der Waals surface area contributed by atoms with Crippen molar-refractivity contribution in [2.24, 2.45) is 5.73 Å². The summed E-state index contributed by atoms with van der Waals surface area (Å²) in [6, 6.07) is 0. The van der Waals surface area contributed by atoms with Gasteiger partial charge >= 0.3 is 0 Å². The van der Waals surface area contributed by atoms with Crippen molar-refractivity contribution in [1.82, 2.24) is 0 Å². The molecule has 0 spiro atoms. The first-order chi connectivity index (χ1) is 29.1. The van der Waals surface area contributed by atoms with E-state index in [1.165, 1.54) is 0 Å². The molecule has 27 heteroatoms. The second kappa shape index (κ2) is 22.9. The quantitative estimate of drug-likeness (QED) is 0.0568. The molecule has 0 aliphatic carbocycles. The Morgan fingerprint density at radius 1 is 0.328 bits per heavy atom. The molecule has 27 nitrogen and oxygen atoms in total. The van der Waals surface area contributed by atoms with Crippen LogP contribution in [0.5, 0.6) is 0 Å². The fraction of sp³-hybridized carbons (Fsp3) is 1.00. The summed E-state index contributed by atoms with van der Waals surface area (Å²) in [6.07, 6.45) is -43.5. The number of hydrogen-bond donors (Lipinski definition) is 17. The number of ether oxygens (including phenoxy) is 10. The number of unbranched alkanes of at least 4 members (excludes halogenated alkanes) is 1. The fourth-order valence-corrected chi connectivity index (χ4v) is 7.60. The van der Waals surface area contributed by atoms with E-state index < -0.39 is 187 Å². The summed E-state index contributed by atoms with van der Waals surface area (Å²) >= 11 is 0. The molecule has 0 amide bonds. The molecule has 0 saturated carbocycles. The van der Waals surface area contributed by atoms with Gasteiger partial charge in [0.15, 0.2) is 31.5 Å². The Morgan fingerprint density at radius 2 is 0.607 bits per heavy atom. The SMILES string of the molecule is NCCCCO[C@H]1OC(CO)[C@H](O[C@H]2OC(CO)[C@@H](O[C@@H]3OC(CO)[C@@H](O[C@@H]4OC(CO)[C@@H](O[C@H]5OC(CO)[C@H](O)[C@H](O)C5O)[C@H](O)C4O)[C@H](O)C3O)[C@H](O)C2O)[C@H](O)C1O. The molecule has 5 aliphatic heterocycles. The maximum atomic E-state index is 11.2. The standard InChI is InChI=1S/C34H61NO26/c35-3-1-2-4-52-30-22(48)17(43)26(11(6-37)54-30)59-32-24(50)19(45)28(13(8-39)56-32)61-34-25(51)20(46)29(14(9-40)57-34)60-33-23(49)18(44)27(12(7-38)55-33)58-31-21(47)16(42)15(41)10(5-36)53-31/h10-34,36-51H,1-9,35H2/t10?,11?,12?,13?,14?,15-,16-,17+,18+,19+,20+,21?,22?,23?,24?,25?,26-,27+,28+,29+,30-,31+,32+,33-,34-/m0/s1. The van der Waals surface area contributed by atoms with E-state index >= 15 is 0 Å². The van der Waals surface area contributed by atoms with Gasteiger partial charge in [0.25, 0.3) is 0 Å². The molecule has 10 unspecified atom stereocenters. The maximum absolute atomic E-state index is 11.2. The van der Waals surface area contributed by atoms with E-state index in [2.05, 4.69) is 0 Å². The number of aliphatic hydroxyl groups excluding tert-OH is 16. The van der Waals surface area contributed by atoms with E-state index in [1.54, 1.807) is 0 Å². The molecule has 5 rings (SSSR count). The molecule has 61 heavy (non-hydrogen) atoms. The van der Waals surface area contributed by atoms with Crippen molar-refractivity contribution in [3.63, 3.8) is 0 Å². The number of hydrogen-bond acceptors (Lipinski definition) is 27. The van der Waals surface area contributed by atoms with Crippen molar-refractivity contribution in [3.05, 3.63) is 0 Å². The van der Waals surface area contributed by atoms with E-state index in [4.69, 9.17) is 53.1 Å². The van der Waals surface area contributed by atoms with Gasteiger partial charge in [-0.1, -0.05) is 0 Å². The third kappa shape index (κ3) is 11.1. The van der Waals surface area contributed by atoms with E-state index in [9.17, 15) is 81.7 Å². The van der Waals surface area contributed by atoms with E-state index in [0.717, 1.165) is 0 Å². The Kier molecular flexibility index (Phi) is 19.1. The van der Waals surface area contributed by atoms with Crippen molar-refractivity contribution >= 4 is 0 Å². The zero-order valence-electron chi connectivity index (χ0n) is 32.6. The summed E-state index contributed by atoms with van der Waals surface area (Å²) in [5.41, 5.74) is 5.46. The van der Waals surface area contributed by atoms with Crippen LogP contribution in [0.4, 0.5) is 0 Å². The van der Waals surface area contributed by atoms with Crippen LogP contribution in [0.25, 0.3) is 0 Å². The Balaban J connectivity index is 1.20. The van der Waals surface area contributed by atoms with Gasteiger partial charge in [0.1, 0.15) is 122 Å². The smallest absolute Gasteiger partial charge is 0.187 e. The van der Waals surface area contributed by atoms with E-state index in [1.807, 2.05) is 0 Å². The van der Waals surface area contributed by atoms with Crippen LogP contribution in [0, 0.1) is 0 Å². The minimum Gasteiger partial charge on any atom is -0.394 e. The van der Waals surface area contributed by atoms with Crippen LogP contribution in [0.15, 0.2) is 0 Å². The predicted octanol–water partition coefficient (Wildman–Crippen LogP) is -11.2. The largest absolute Gasteiger partial charge is 0.394 e. The first kappa shape index (κ1) is 50.9. The second-order valence-electron chi connectivity index (χ2n) is 15.3. The van der Waals surface area contributed by atoms with Gasteiger partial charge in [-0.25, -0.2) is 0 Å². The van der Waals surface area contributed by atoms with Crippen LogP contribution >= 0.6 is 0 Å². The minimum absolute atomic E-state index is 0.109. The molecule has 0 radical (unpaired) electrons. The molecule has 0 aromatic heterocycles. The summed E-state index contributed by atoms with van der Waals surface area (Å²) in [4.78, 5) is 0. The van der Waals surface area contributed by atoms with Crippen molar-refractivity contribution in [2.45, 2.75) is 166 Å². The lowest BCUT2D eigenvalue weighted by atomic mass is 9.95. The second-order valence-corrected chi connectivity index (χ2v) is 15.3. The van der Waals surface area contributed by atoms with E-state index in [-0.39, 0.29) is 6.61 Å². The monoisotopic (exact) mass is 899 g/mol. The summed E-state index contributed by atoms with van der Waals surface area (Å²) in [5, 5.41) is 168. The van der Waals surface area contributed by atoms with Crippen molar-refractivity contribution in [1.29, 1.82) is 0 Å². The highest BCUT2D eigenvalue weighted by Crippen LogP contribution is 2.35. The minimum atomic E-state index is -2.11. The molecule has 25 atom stereocenters. The topological polar surface area (TPSA) is 442 Å². The van der Waals surface area contributed by atoms with Crippen LogP contribution in [0.1, 0.15) is 12.8 Å². The van der Waals surface area contributed by atoms with Crippen LogP contribution < -0.4 is 5.73 Å². The predicted molar refractivity (Wildman–Crippen MR) is 189 cm³/mol. The van der Waals surface area contributed by atoms with Gasteiger partial charge < -0.3 is 135 Å². The van der Waals surface area contributed by atoms with Crippen molar-refractivity contribution in [2.75, 3.05) is 46.2 Å². The fourth-order valence-electron chi connectivity index (χ4n) is 7.60. The summed E-state index contributed by atoms with van der Waals surface area (Å²) < 4.78 is 55.6. The lowest BCUT2D eigenvalue weighted by Gasteiger charge is -2.49. The first-order valence-corrected chi connectivity index (χ1v) is 19.8. The number of rotatable bonds is 18. The van der Waals surface area contributed by atoms with Gasteiger partial charge in [-0.3, -0.25) is 0 Å². The van der Waals surface area contributed by atoms with Gasteiger partial charge in [-0.05, 0) is 19.4 Å². The van der Waals surface area contributed by atoms with Gasteiger partial charge in [-0.15, -0.1) is 0 Å². The lowest BCUT2D eigenvalue weighted by Crippen LogP contribution is -2.68. The number of aliphatic hydroxyl groups is 16. The van der Waals surface area contributed by atoms with Gasteiger partial charge in [-0.2, -0.15) is 0 Å². The Morgan fingerprint density at radius 3 is 0.918 bits per heavy atom. The van der Waals surface area contributed by atoms with Crippen LogP contribution in [0.2, 0.25) is 0 Å². The normalized spacial score (nSPS) is 49.8. The molecule has 0 bridgehead atoms. The first-order valence-electron chi connectivity index (χ1n) is 19.8. The average molecular weight is 900 g/mol. The molecular weight excluding hydrogens is 838 g/mol. The molecule has 18 N–H and O–H groups in total. The lowest BCUT2D eigenvalue weighted by molar-refractivity contribution is -0.393. The van der Waals surface area contributed by atoms with Crippen LogP contribution in [0.3, 0.4) is 0 Å². The molecule has 0 aromatic rings. The maximum Gasteiger partial charge on any atom is 0.187 e.